The molecule has 0 aromatic carbocycles. The van der Waals surface area contributed by atoms with Gasteiger partial charge in [0.25, 0.3) is 11.8 Å². The van der Waals surface area contributed by atoms with Gasteiger partial charge >= 0.3 is 5.97 Å². The summed E-state index contributed by atoms with van der Waals surface area (Å²) in [4.78, 5) is 99.5. The Morgan fingerprint density at radius 3 is 2.14 bits per heavy atom. The van der Waals surface area contributed by atoms with Gasteiger partial charge in [0.05, 0.1) is 6.04 Å². The number of carbonyl (C=O) groups excluding carboxylic acids is 7. The third-order valence-corrected chi connectivity index (χ3v) is 9.98. The molecular formula is C38H63N5O8. The molecule has 0 aromatic heterocycles. The second-order valence-electron chi connectivity index (χ2n) is 15.1. The zero-order valence-electron chi connectivity index (χ0n) is 32.8. The number of hydrogen-bond donors (Lipinski definition) is 1. The molecule has 51 heavy (non-hydrogen) atoms. The smallest absolute Gasteiger partial charge is 0.302 e. The van der Waals surface area contributed by atoms with Gasteiger partial charge in [-0.2, -0.15) is 0 Å². The topological polar surface area (TPSA) is 154 Å². The second-order valence-corrected chi connectivity index (χ2v) is 15.1. The van der Waals surface area contributed by atoms with Gasteiger partial charge in [-0.1, -0.05) is 73.3 Å². The van der Waals surface area contributed by atoms with Crippen molar-refractivity contribution in [1.29, 1.82) is 0 Å². The molecule has 13 nitrogen and oxygen atoms in total. The quantitative estimate of drug-likeness (QED) is 0.128. The Hall–Kier alpha value is -3.77. The summed E-state index contributed by atoms with van der Waals surface area (Å²) in [6.07, 6.45) is 7.96. The van der Waals surface area contributed by atoms with Crippen LogP contribution in [0.2, 0.25) is 0 Å². The van der Waals surface area contributed by atoms with Crippen molar-refractivity contribution in [3.8, 4) is 0 Å². The van der Waals surface area contributed by atoms with E-state index in [1.165, 1.54) is 41.7 Å². The minimum absolute atomic E-state index is 0.0345. The summed E-state index contributed by atoms with van der Waals surface area (Å²) in [6.45, 7) is 16.1. The van der Waals surface area contributed by atoms with Crippen LogP contribution in [0.15, 0.2) is 12.2 Å². The van der Waals surface area contributed by atoms with Crippen molar-refractivity contribution in [2.75, 3.05) is 20.6 Å². The van der Waals surface area contributed by atoms with E-state index >= 15 is 0 Å². The number of nitrogens with one attached hydrogen (secondary N) is 1. The van der Waals surface area contributed by atoms with Gasteiger partial charge in [-0.05, 0) is 51.4 Å². The van der Waals surface area contributed by atoms with Crippen LogP contribution in [-0.4, -0.2) is 118 Å². The third-order valence-electron chi connectivity index (χ3n) is 9.98. The molecule has 288 valence electrons. The summed E-state index contributed by atoms with van der Waals surface area (Å²) in [5.41, 5.74) is 0. The molecule has 0 radical (unpaired) electrons. The summed E-state index contributed by atoms with van der Waals surface area (Å²) < 4.78 is 5.42. The molecule has 6 amide bonds. The second kappa shape index (κ2) is 19.7. The van der Waals surface area contributed by atoms with Gasteiger partial charge in [0.2, 0.25) is 23.6 Å². The van der Waals surface area contributed by atoms with Gasteiger partial charge in [-0.15, -0.1) is 0 Å². The normalized spacial score (nSPS) is 20.2. The molecule has 7 atom stereocenters. The lowest BCUT2D eigenvalue weighted by molar-refractivity contribution is -0.157. The van der Waals surface area contributed by atoms with E-state index in [0.29, 0.717) is 25.7 Å². The fraction of sp³-hybridized carbons (Fsp3) is 0.763. The van der Waals surface area contributed by atoms with Crippen molar-refractivity contribution >= 4 is 41.4 Å². The molecule has 0 bridgehead atoms. The van der Waals surface area contributed by atoms with Crippen LogP contribution < -0.4 is 5.32 Å². The predicted molar refractivity (Wildman–Crippen MR) is 194 cm³/mol. The summed E-state index contributed by atoms with van der Waals surface area (Å²) in [5, 5.41) is 2.79. The molecule has 0 saturated carbocycles. The molecule has 2 aliphatic rings. The number of amides is 6. The molecule has 0 aromatic rings. The first kappa shape index (κ1) is 43.4. The first-order chi connectivity index (χ1) is 23.8. The van der Waals surface area contributed by atoms with E-state index < -0.39 is 77.7 Å². The number of likely N-dealkylation sites (N-methyl/N-ethyl adjacent to an activating group) is 2. The van der Waals surface area contributed by atoms with E-state index in [1.807, 2.05) is 20.8 Å². The van der Waals surface area contributed by atoms with Gasteiger partial charge in [0.1, 0.15) is 30.3 Å². The summed E-state index contributed by atoms with van der Waals surface area (Å²) in [7, 11) is 3.05. The highest BCUT2D eigenvalue weighted by Crippen LogP contribution is 2.27. The molecule has 0 aliphatic carbocycles. The first-order valence-electron chi connectivity index (χ1n) is 18.7. The maximum absolute atomic E-state index is 14.3. The molecule has 1 fully saturated rings. The van der Waals surface area contributed by atoms with Crippen molar-refractivity contribution in [3.05, 3.63) is 12.2 Å². The van der Waals surface area contributed by atoms with E-state index in [0.717, 1.165) is 30.6 Å². The number of rotatable bonds is 18. The Morgan fingerprint density at radius 2 is 1.61 bits per heavy atom. The van der Waals surface area contributed by atoms with Crippen molar-refractivity contribution in [2.24, 2.45) is 17.8 Å². The number of likely N-dealkylation sites (tertiary alicyclic amines) is 1. The molecule has 2 aliphatic heterocycles. The van der Waals surface area contributed by atoms with Gasteiger partial charge in [0.15, 0.2) is 0 Å². The molecule has 13 heteroatoms. The maximum atomic E-state index is 14.3. The lowest BCUT2D eigenvalue weighted by Crippen LogP contribution is -2.62. The van der Waals surface area contributed by atoms with Crippen LogP contribution in [0, 0.1) is 17.8 Å². The fourth-order valence-corrected chi connectivity index (χ4v) is 7.12. The highest BCUT2D eigenvalue weighted by molar-refractivity contribution is 6.06. The minimum atomic E-state index is -1.38. The molecule has 1 saturated heterocycles. The largest absolute Gasteiger partial charge is 0.460 e. The monoisotopic (exact) mass is 717 g/mol. The highest BCUT2D eigenvalue weighted by Gasteiger charge is 2.46. The Kier molecular flexibility index (Phi) is 16.8. The fourth-order valence-electron chi connectivity index (χ4n) is 7.12. The highest BCUT2D eigenvalue weighted by atomic mass is 16.5. The van der Waals surface area contributed by atoms with Gasteiger partial charge in [0, 0.05) is 39.6 Å². The minimum Gasteiger partial charge on any atom is -0.460 e. The zero-order valence-corrected chi connectivity index (χ0v) is 32.8. The number of nitrogens with zero attached hydrogens (tertiary/aromatic N) is 4. The molecule has 0 unspecified atom stereocenters. The Bertz CT molecular complexity index is 1300. The molecule has 0 spiro atoms. The molecule has 2 rings (SSSR count). The standard InChI is InChI=1S/C38H63N5O8/c1-12-13-14-15-17-25(6)35(47)40(10)30(22-23(2)3)34(46)39-32(27(8)51-28(9)44)37(49)41(11)33(24(4)5)38(50)42-21-16-18-29(42)36(48)43-26(7)19-20-31(43)45/h19-20,23-27,29-30,32-33H,12-18,21-22H2,1-11H3,(H,39,46)/t25-,26+,27-,29+,30+,32+,33+/m1/s1. The van der Waals surface area contributed by atoms with Crippen LogP contribution in [0.1, 0.15) is 114 Å². The van der Waals surface area contributed by atoms with Crippen molar-refractivity contribution < 1.29 is 38.3 Å². The number of unbranched alkanes of at least 4 members (excludes halogenated alkanes) is 3. The lowest BCUT2D eigenvalue weighted by Gasteiger charge is -2.38. The number of imide groups is 1. The molecule has 1 N–H and O–H groups in total. The van der Waals surface area contributed by atoms with Crippen LogP contribution >= 0.6 is 0 Å². The van der Waals surface area contributed by atoms with Crippen molar-refractivity contribution in [2.45, 2.75) is 150 Å². The van der Waals surface area contributed by atoms with Crippen molar-refractivity contribution in [1.82, 2.24) is 24.9 Å². The van der Waals surface area contributed by atoms with Gasteiger partial charge in [-0.25, -0.2) is 0 Å². The summed E-state index contributed by atoms with van der Waals surface area (Å²) in [6, 6.07) is -4.60. The summed E-state index contributed by atoms with van der Waals surface area (Å²) in [5.74, 6) is -4.07. The first-order valence-corrected chi connectivity index (χ1v) is 18.7. The maximum Gasteiger partial charge on any atom is 0.302 e. The Balaban J connectivity index is 2.37. The lowest BCUT2D eigenvalue weighted by atomic mass is 9.96. The zero-order chi connectivity index (χ0) is 38.7. The number of hydrogen-bond acceptors (Lipinski definition) is 8. The third kappa shape index (κ3) is 11.4. The summed E-state index contributed by atoms with van der Waals surface area (Å²) >= 11 is 0. The number of carbonyl (C=O) groups is 7. The van der Waals surface area contributed by atoms with E-state index in [2.05, 4.69) is 12.2 Å². The van der Waals surface area contributed by atoms with Crippen LogP contribution in [0.3, 0.4) is 0 Å². The Labute approximate surface area is 304 Å². The van der Waals surface area contributed by atoms with Gasteiger partial charge in [-0.3, -0.25) is 38.5 Å². The molecule has 2 heterocycles. The number of ether oxygens (including phenoxy) is 1. The van der Waals surface area contributed by atoms with Crippen LogP contribution in [0.25, 0.3) is 0 Å². The van der Waals surface area contributed by atoms with E-state index in [1.54, 1.807) is 33.9 Å². The Morgan fingerprint density at radius 1 is 0.961 bits per heavy atom. The van der Waals surface area contributed by atoms with E-state index in [-0.39, 0.29) is 24.3 Å². The molecular weight excluding hydrogens is 654 g/mol. The SMILES string of the molecule is CCCCCC[C@@H](C)C(=O)N(C)[C@@H](CC(C)C)C(=O)N[C@H](C(=O)N(C)[C@H](C(=O)N1CCC[C@H]1C(=O)N1C(=O)C=C[C@@H]1C)C(C)C)[C@@H](C)OC(C)=O. The van der Waals surface area contributed by atoms with E-state index in [9.17, 15) is 33.6 Å². The average molecular weight is 718 g/mol. The van der Waals surface area contributed by atoms with Crippen LogP contribution in [0.5, 0.6) is 0 Å². The van der Waals surface area contributed by atoms with Crippen molar-refractivity contribution in [3.63, 3.8) is 0 Å². The van der Waals surface area contributed by atoms with Crippen LogP contribution in [0.4, 0.5) is 0 Å². The van der Waals surface area contributed by atoms with Crippen LogP contribution in [-0.2, 0) is 38.3 Å². The predicted octanol–water partition coefficient (Wildman–Crippen LogP) is 3.69. The number of esters is 1. The van der Waals surface area contributed by atoms with E-state index in [4.69, 9.17) is 4.74 Å². The van der Waals surface area contributed by atoms with Gasteiger partial charge < -0.3 is 24.8 Å². The average Bonchev–Trinajstić information content (AvgIpc) is 3.68.